The average molecular weight is 500 g/mol. The van der Waals surface area contributed by atoms with Crippen molar-refractivity contribution >= 4 is 27.2 Å². The van der Waals surface area contributed by atoms with Crippen LogP contribution in [-0.2, 0) is 14.6 Å². The van der Waals surface area contributed by atoms with E-state index in [1.807, 2.05) is 11.8 Å². The standard InChI is InChI=1S/C25H33N5O4S/c1-15-9-17(18-10-19(11-18)21-13-26-3-6-33-21)12-20-23(15)34-16(2)22-24(29-20)27-14-28-25(22)30-4-7-35(31,32)8-5-30/h9,12,14,16,18-19,21,26H,3-8,10-11,13H2,1-2H3,(H,27,28,29)/t16-,18-,19-,21?/m1/s1. The van der Waals surface area contributed by atoms with Crippen LogP contribution in [0.1, 0.15) is 48.5 Å². The van der Waals surface area contributed by atoms with E-state index in [-0.39, 0.29) is 17.6 Å². The second-order valence-electron chi connectivity index (χ2n) is 10.2. The molecule has 0 spiro atoms. The maximum absolute atomic E-state index is 11.9. The van der Waals surface area contributed by atoms with E-state index in [0.29, 0.717) is 31.0 Å². The maximum atomic E-state index is 11.9. The second-order valence-corrected chi connectivity index (χ2v) is 12.5. The third-order valence-corrected chi connectivity index (χ3v) is 9.50. The first-order valence-corrected chi connectivity index (χ1v) is 14.4. The van der Waals surface area contributed by atoms with Gasteiger partial charge in [0.1, 0.15) is 29.8 Å². The molecule has 2 aromatic rings. The van der Waals surface area contributed by atoms with Gasteiger partial charge in [-0.1, -0.05) is 6.07 Å². The molecule has 1 saturated carbocycles. The minimum absolute atomic E-state index is 0.140. The van der Waals surface area contributed by atoms with Gasteiger partial charge in [-0.25, -0.2) is 18.4 Å². The molecule has 1 aromatic carbocycles. The molecule has 188 valence electrons. The number of anilines is 3. The minimum Gasteiger partial charge on any atom is -0.483 e. The van der Waals surface area contributed by atoms with Gasteiger partial charge in [0, 0.05) is 26.2 Å². The van der Waals surface area contributed by atoms with Crippen molar-refractivity contribution < 1.29 is 17.9 Å². The first-order chi connectivity index (χ1) is 16.9. The Labute approximate surface area is 206 Å². The van der Waals surface area contributed by atoms with Crippen LogP contribution in [0.2, 0.25) is 0 Å². The Morgan fingerprint density at radius 2 is 1.94 bits per heavy atom. The van der Waals surface area contributed by atoms with Gasteiger partial charge in [0.05, 0.1) is 35.5 Å². The van der Waals surface area contributed by atoms with Crippen LogP contribution in [0.4, 0.5) is 17.3 Å². The number of rotatable bonds is 3. The fourth-order valence-corrected chi connectivity index (χ4v) is 7.01. The number of benzene rings is 1. The van der Waals surface area contributed by atoms with Crippen molar-refractivity contribution in [1.82, 2.24) is 15.3 Å². The predicted molar refractivity (Wildman–Crippen MR) is 134 cm³/mol. The number of aryl methyl sites for hydroxylation is 1. The highest BCUT2D eigenvalue weighted by atomic mass is 32.2. The first-order valence-electron chi connectivity index (χ1n) is 12.6. The smallest absolute Gasteiger partial charge is 0.153 e. The van der Waals surface area contributed by atoms with E-state index < -0.39 is 9.84 Å². The lowest BCUT2D eigenvalue weighted by molar-refractivity contribution is -0.0378. The van der Waals surface area contributed by atoms with Crippen LogP contribution in [-0.4, -0.2) is 68.8 Å². The molecule has 6 rings (SSSR count). The lowest BCUT2D eigenvalue weighted by atomic mass is 9.68. The third-order valence-electron chi connectivity index (χ3n) is 7.89. The predicted octanol–water partition coefficient (Wildman–Crippen LogP) is 2.70. The van der Waals surface area contributed by atoms with Crippen LogP contribution in [0.5, 0.6) is 5.75 Å². The summed E-state index contributed by atoms with van der Waals surface area (Å²) >= 11 is 0. The number of hydrogen-bond acceptors (Lipinski definition) is 9. The van der Waals surface area contributed by atoms with Crippen LogP contribution in [0.3, 0.4) is 0 Å². The van der Waals surface area contributed by atoms with Gasteiger partial charge in [-0.2, -0.15) is 0 Å². The van der Waals surface area contributed by atoms with Gasteiger partial charge in [-0.3, -0.25) is 0 Å². The van der Waals surface area contributed by atoms with E-state index >= 15 is 0 Å². The van der Waals surface area contributed by atoms with Crippen molar-refractivity contribution in [3.8, 4) is 5.75 Å². The molecule has 0 bridgehead atoms. The topological polar surface area (TPSA) is 106 Å². The molecule has 3 aliphatic heterocycles. The normalized spacial score (nSPS) is 29.6. The van der Waals surface area contributed by atoms with E-state index in [9.17, 15) is 8.42 Å². The van der Waals surface area contributed by atoms with Crippen molar-refractivity contribution in [2.24, 2.45) is 5.92 Å². The number of ether oxygens (including phenoxy) is 2. The summed E-state index contributed by atoms with van der Waals surface area (Å²) < 4.78 is 36.3. The SMILES string of the molecule is Cc1cc([C@H]2C[C@H](C3CNCCO3)C2)cc2c1O[C@H](C)c1c(ncnc1N1CCS(=O)(=O)CC1)N2. The summed E-state index contributed by atoms with van der Waals surface area (Å²) in [4.78, 5) is 11.1. The van der Waals surface area contributed by atoms with Crippen molar-refractivity contribution in [2.75, 3.05) is 54.5 Å². The van der Waals surface area contributed by atoms with Crippen LogP contribution in [0, 0.1) is 12.8 Å². The highest BCUT2D eigenvalue weighted by Gasteiger charge is 2.38. The minimum atomic E-state index is -2.98. The van der Waals surface area contributed by atoms with Crippen molar-refractivity contribution in [2.45, 2.75) is 44.8 Å². The second kappa shape index (κ2) is 8.90. The molecule has 3 fully saturated rings. The summed E-state index contributed by atoms with van der Waals surface area (Å²) in [5, 5.41) is 6.98. The highest BCUT2D eigenvalue weighted by molar-refractivity contribution is 7.91. The Hall–Kier alpha value is -2.43. The summed E-state index contributed by atoms with van der Waals surface area (Å²) in [6, 6.07) is 4.46. The fourth-order valence-electron chi connectivity index (χ4n) is 5.81. The summed E-state index contributed by atoms with van der Waals surface area (Å²) in [6.45, 7) is 7.67. The summed E-state index contributed by atoms with van der Waals surface area (Å²) in [5.74, 6) is 3.72. The van der Waals surface area contributed by atoms with E-state index in [4.69, 9.17) is 9.47 Å². The Kier molecular flexibility index (Phi) is 5.85. The highest BCUT2D eigenvalue weighted by Crippen LogP contribution is 2.48. The van der Waals surface area contributed by atoms with Crippen LogP contribution in [0.15, 0.2) is 18.5 Å². The third kappa shape index (κ3) is 4.36. The molecular weight excluding hydrogens is 466 g/mol. The molecule has 10 heteroatoms. The molecule has 0 amide bonds. The van der Waals surface area contributed by atoms with Gasteiger partial charge >= 0.3 is 0 Å². The molecule has 1 aliphatic carbocycles. The zero-order valence-electron chi connectivity index (χ0n) is 20.3. The number of morpholine rings is 1. The summed E-state index contributed by atoms with van der Waals surface area (Å²) in [5.41, 5.74) is 4.22. The fraction of sp³-hybridized carbons (Fsp3) is 0.600. The number of nitrogens with one attached hydrogen (secondary N) is 2. The zero-order chi connectivity index (χ0) is 24.2. The van der Waals surface area contributed by atoms with Crippen molar-refractivity contribution in [3.05, 3.63) is 35.2 Å². The van der Waals surface area contributed by atoms with Crippen LogP contribution in [0.25, 0.3) is 0 Å². The van der Waals surface area contributed by atoms with Gasteiger partial charge in [0.25, 0.3) is 0 Å². The van der Waals surface area contributed by atoms with Crippen molar-refractivity contribution in [1.29, 1.82) is 0 Å². The molecule has 9 nitrogen and oxygen atoms in total. The van der Waals surface area contributed by atoms with Gasteiger partial charge in [0.15, 0.2) is 9.84 Å². The maximum Gasteiger partial charge on any atom is 0.153 e. The molecule has 2 saturated heterocycles. The molecular formula is C25H33N5O4S. The Morgan fingerprint density at radius 1 is 1.14 bits per heavy atom. The van der Waals surface area contributed by atoms with Gasteiger partial charge < -0.3 is 25.0 Å². The lowest BCUT2D eigenvalue weighted by Gasteiger charge is -2.42. The number of nitrogens with zero attached hydrogens (tertiary/aromatic N) is 3. The van der Waals surface area contributed by atoms with Crippen LogP contribution >= 0.6 is 0 Å². The zero-order valence-corrected chi connectivity index (χ0v) is 21.1. The largest absolute Gasteiger partial charge is 0.483 e. The quantitative estimate of drug-likeness (QED) is 0.659. The average Bonchev–Trinajstić information content (AvgIpc) is 2.95. The Balaban J connectivity index is 1.25. The monoisotopic (exact) mass is 499 g/mol. The first kappa shape index (κ1) is 23.0. The van der Waals surface area contributed by atoms with E-state index in [2.05, 4.69) is 39.7 Å². The molecule has 1 aromatic heterocycles. The molecule has 1 unspecified atom stereocenters. The number of sulfone groups is 1. The Bertz CT molecular complexity index is 1210. The molecule has 2 atom stereocenters. The summed E-state index contributed by atoms with van der Waals surface area (Å²) in [7, 11) is -2.98. The van der Waals surface area contributed by atoms with Gasteiger partial charge in [-0.05, 0) is 55.7 Å². The molecule has 35 heavy (non-hydrogen) atoms. The summed E-state index contributed by atoms with van der Waals surface area (Å²) in [6.07, 6.45) is 3.89. The van der Waals surface area contributed by atoms with E-state index in [0.717, 1.165) is 66.7 Å². The molecule has 0 radical (unpaired) electrons. The Morgan fingerprint density at radius 3 is 2.69 bits per heavy atom. The van der Waals surface area contributed by atoms with Gasteiger partial charge in [0.2, 0.25) is 0 Å². The van der Waals surface area contributed by atoms with Crippen molar-refractivity contribution in [3.63, 3.8) is 0 Å². The van der Waals surface area contributed by atoms with E-state index in [1.54, 1.807) is 6.33 Å². The molecule has 4 aliphatic rings. The van der Waals surface area contributed by atoms with Gasteiger partial charge in [-0.15, -0.1) is 0 Å². The number of fused-ring (bicyclic) bond motifs is 2. The molecule has 4 heterocycles. The number of hydrogen-bond donors (Lipinski definition) is 2. The lowest BCUT2D eigenvalue weighted by Crippen LogP contribution is -2.46. The van der Waals surface area contributed by atoms with E-state index in [1.165, 1.54) is 5.56 Å². The van der Waals surface area contributed by atoms with Crippen LogP contribution < -0.4 is 20.3 Å². The number of aromatic nitrogens is 2. The molecule has 2 N–H and O–H groups in total.